The number of fused-ring (bicyclic) bond motifs is 2. The Morgan fingerprint density at radius 3 is 2.15 bits per heavy atom. The van der Waals surface area contributed by atoms with Gasteiger partial charge in [0.05, 0.1) is 10.2 Å². The van der Waals surface area contributed by atoms with Crippen LogP contribution in [0.1, 0.15) is 36.2 Å². The number of hydrogen-bond acceptors (Lipinski definition) is 8. The molecule has 0 spiro atoms. The Bertz CT molecular complexity index is 2200. The first-order valence-corrected chi connectivity index (χ1v) is 15.9. The first-order valence-electron chi connectivity index (χ1n) is 14.3. The number of carbonyl (C=O) groups excluding carboxylic acids is 2. The molecule has 0 bridgehead atoms. The van der Waals surface area contributed by atoms with Crippen molar-refractivity contribution in [1.82, 2.24) is 19.7 Å². The first kappa shape index (κ1) is 32.4. The second-order valence-electron chi connectivity index (χ2n) is 9.97. The standard InChI is InChI=1S/C23H21N5O3S2.C14H2/c29-20(12-1-2-12)27-23-26-17-4-3-13(10-18(17)32-23)14-9-16-19(28-33-22(16)24-11-14)21(30)25-15-5-7-31-8-6-15;1-3-5-7-9-11-13-14-12-10-8-6-4-2/h3-4,9-12,15H,1-2,5-8H2,(H,25,30)(H,26,27,29);1-2H. The molecule has 2 fully saturated rings. The van der Waals surface area contributed by atoms with Gasteiger partial charge in [-0.05, 0) is 132 Å². The highest BCUT2D eigenvalue weighted by atomic mass is 32.1. The molecule has 4 heterocycles. The molecule has 2 N–H and O–H groups in total. The van der Waals surface area contributed by atoms with Crippen molar-refractivity contribution >= 4 is 60.2 Å². The number of amides is 2. The lowest BCUT2D eigenvalue weighted by Crippen LogP contribution is -2.39. The Hall–Kier alpha value is -6.03. The van der Waals surface area contributed by atoms with E-state index in [1.165, 1.54) is 22.9 Å². The molecule has 0 radical (unpaired) electrons. The minimum atomic E-state index is -0.166. The van der Waals surface area contributed by atoms with Crippen molar-refractivity contribution in [2.45, 2.75) is 31.7 Å². The van der Waals surface area contributed by atoms with Crippen LogP contribution in [0.2, 0.25) is 0 Å². The van der Waals surface area contributed by atoms with Gasteiger partial charge in [0.2, 0.25) is 5.91 Å². The van der Waals surface area contributed by atoms with E-state index in [-0.39, 0.29) is 23.8 Å². The molecule has 1 saturated heterocycles. The third kappa shape index (κ3) is 9.24. The number of anilines is 1. The zero-order valence-corrected chi connectivity index (χ0v) is 26.5. The number of benzene rings is 1. The number of aromatic nitrogens is 3. The molecule has 2 amide bonds. The summed E-state index contributed by atoms with van der Waals surface area (Å²) in [5, 5.41) is 7.39. The van der Waals surface area contributed by atoms with Gasteiger partial charge in [-0.1, -0.05) is 17.4 Å². The average molecular weight is 650 g/mol. The van der Waals surface area contributed by atoms with Crippen LogP contribution in [0.5, 0.6) is 0 Å². The molecule has 8 nitrogen and oxygen atoms in total. The van der Waals surface area contributed by atoms with E-state index in [1.807, 2.05) is 24.3 Å². The zero-order valence-electron chi connectivity index (χ0n) is 24.8. The quantitative estimate of drug-likeness (QED) is 0.309. The summed E-state index contributed by atoms with van der Waals surface area (Å²) in [4.78, 5) is 34.7. The summed E-state index contributed by atoms with van der Waals surface area (Å²) in [6.45, 7) is 1.33. The van der Waals surface area contributed by atoms with Crippen LogP contribution >= 0.6 is 22.9 Å². The monoisotopic (exact) mass is 649 g/mol. The molecule has 1 saturated carbocycles. The Labute approximate surface area is 280 Å². The summed E-state index contributed by atoms with van der Waals surface area (Å²) in [6, 6.07) is 8.07. The lowest BCUT2D eigenvalue weighted by molar-refractivity contribution is -0.117. The van der Waals surface area contributed by atoms with Crippen molar-refractivity contribution in [3.05, 3.63) is 36.2 Å². The minimum absolute atomic E-state index is 0.0560. The molecular formula is C37H23N5O3S2. The van der Waals surface area contributed by atoms with Crippen LogP contribution in [0.3, 0.4) is 0 Å². The van der Waals surface area contributed by atoms with Gasteiger partial charge in [0, 0.05) is 42.3 Å². The summed E-state index contributed by atoms with van der Waals surface area (Å²) >= 11 is 2.70. The van der Waals surface area contributed by atoms with E-state index in [0.29, 0.717) is 24.0 Å². The average Bonchev–Trinajstić information content (AvgIpc) is 3.74. The van der Waals surface area contributed by atoms with Gasteiger partial charge in [-0.15, -0.1) is 12.8 Å². The normalized spacial score (nSPS) is 12.9. The topological polar surface area (TPSA) is 106 Å². The molecule has 2 aliphatic rings. The largest absolute Gasteiger partial charge is 0.381 e. The molecule has 1 aromatic carbocycles. The molecular weight excluding hydrogens is 627 g/mol. The van der Waals surface area contributed by atoms with Crippen LogP contribution in [0.25, 0.3) is 31.6 Å². The van der Waals surface area contributed by atoms with Crippen LogP contribution in [0.4, 0.5) is 5.13 Å². The molecule has 3 aromatic heterocycles. The third-order valence-electron chi connectivity index (χ3n) is 6.71. The van der Waals surface area contributed by atoms with E-state index in [0.717, 1.165) is 57.2 Å². The van der Waals surface area contributed by atoms with Gasteiger partial charge in [-0.2, -0.15) is 4.37 Å². The number of nitrogens with zero attached hydrogens (tertiary/aromatic N) is 3. The maximum atomic E-state index is 12.9. The van der Waals surface area contributed by atoms with Crippen LogP contribution in [0, 0.1) is 89.8 Å². The Balaban J connectivity index is 0.000000264. The summed E-state index contributed by atoms with van der Waals surface area (Å²) in [6.07, 6.45) is 15.1. The summed E-state index contributed by atoms with van der Waals surface area (Å²) < 4.78 is 10.7. The lowest BCUT2D eigenvalue weighted by Gasteiger charge is -2.22. The van der Waals surface area contributed by atoms with Gasteiger partial charge in [0.15, 0.2) is 10.8 Å². The minimum Gasteiger partial charge on any atom is -0.381 e. The smallest absolute Gasteiger partial charge is 0.271 e. The molecule has 10 heteroatoms. The molecule has 1 aliphatic heterocycles. The molecule has 4 aromatic rings. The van der Waals surface area contributed by atoms with Gasteiger partial charge in [0.1, 0.15) is 4.83 Å². The van der Waals surface area contributed by atoms with Crippen molar-refractivity contribution in [2.75, 3.05) is 18.5 Å². The van der Waals surface area contributed by atoms with Crippen LogP contribution in [-0.2, 0) is 9.53 Å². The fourth-order valence-electron chi connectivity index (χ4n) is 4.28. The second kappa shape index (κ2) is 16.3. The first-order chi connectivity index (χ1) is 23.1. The van der Waals surface area contributed by atoms with Gasteiger partial charge in [0.25, 0.3) is 5.91 Å². The van der Waals surface area contributed by atoms with Gasteiger partial charge >= 0.3 is 0 Å². The van der Waals surface area contributed by atoms with E-state index >= 15 is 0 Å². The molecule has 6 rings (SSSR count). The van der Waals surface area contributed by atoms with Crippen LogP contribution in [0.15, 0.2) is 30.5 Å². The van der Waals surface area contributed by atoms with Crippen LogP contribution in [-0.4, -0.2) is 45.4 Å². The highest BCUT2D eigenvalue weighted by Gasteiger charge is 2.30. The van der Waals surface area contributed by atoms with E-state index in [4.69, 9.17) is 17.6 Å². The van der Waals surface area contributed by atoms with Crippen LogP contribution < -0.4 is 10.6 Å². The predicted molar refractivity (Wildman–Crippen MR) is 185 cm³/mol. The Morgan fingerprint density at radius 1 is 0.851 bits per heavy atom. The molecule has 0 unspecified atom stereocenters. The molecule has 1 aliphatic carbocycles. The number of ether oxygens (including phenoxy) is 1. The van der Waals surface area contributed by atoms with E-state index in [2.05, 4.69) is 96.0 Å². The highest BCUT2D eigenvalue weighted by molar-refractivity contribution is 7.22. The van der Waals surface area contributed by atoms with Crippen molar-refractivity contribution in [3.63, 3.8) is 0 Å². The SMILES string of the molecule is C#CC#CC#CC#CC#CC#CC#C.O=C(NC1CCOCC1)c1nsc2ncc(-c3ccc4nc(NC(=O)C5CC5)sc4c3)cc12. The maximum Gasteiger partial charge on any atom is 0.271 e. The second-order valence-corrected chi connectivity index (χ2v) is 11.8. The molecule has 47 heavy (non-hydrogen) atoms. The number of rotatable bonds is 5. The molecule has 226 valence electrons. The maximum absolute atomic E-state index is 12.9. The summed E-state index contributed by atoms with van der Waals surface area (Å²) in [5.41, 5.74) is 3.14. The van der Waals surface area contributed by atoms with Crippen molar-refractivity contribution in [3.8, 4) is 95.0 Å². The lowest BCUT2D eigenvalue weighted by atomic mass is 10.1. The Morgan fingerprint density at radius 2 is 1.51 bits per heavy atom. The number of thiazole rings is 1. The van der Waals surface area contributed by atoms with Crippen molar-refractivity contribution in [1.29, 1.82) is 0 Å². The third-order valence-corrected chi connectivity index (χ3v) is 8.41. The van der Waals surface area contributed by atoms with Gasteiger partial charge in [-0.3, -0.25) is 9.59 Å². The summed E-state index contributed by atoms with van der Waals surface area (Å²) in [7, 11) is 0. The molecule has 0 atom stereocenters. The predicted octanol–water partition coefficient (Wildman–Crippen LogP) is 4.50. The zero-order chi connectivity index (χ0) is 32.8. The number of pyridine rings is 1. The van der Waals surface area contributed by atoms with Crippen molar-refractivity contribution < 1.29 is 14.3 Å². The Kier molecular flexibility index (Phi) is 11.2. The number of carbonyl (C=O) groups is 2. The van der Waals surface area contributed by atoms with E-state index < -0.39 is 0 Å². The highest BCUT2D eigenvalue weighted by Crippen LogP contribution is 2.34. The number of hydrogen-bond donors (Lipinski definition) is 2. The van der Waals surface area contributed by atoms with Gasteiger partial charge < -0.3 is 15.4 Å². The van der Waals surface area contributed by atoms with E-state index in [1.54, 1.807) is 6.20 Å². The summed E-state index contributed by atoms with van der Waals surface area (Å²) in [5.74, 6) is 28.3. The number of nitrogens with one attached hydrogen (secondary N) is 2. The van der Waals surface area contributed by atoms with E-state index in [9.17, 15) is 9.59 Å². The fraction of sp³-hybridized carbons (Fsp3) is 0.216. The fourth-order valence-corrected chi connectivity index (χ4v) is 5.90. The van der Waals surface area contributed by atoms with Gasteiger partial charge in [-0.25, -0.2) is 9.97 Å². The van der Waals surface area contributed by atoms with Crippen molar-refractivity contribution in [2.24, 2.45) is 5.92 Å². The number of terminal acetylenes is 2.